The van der Waals surface area contributed by atoms with Crippen LogP contribution >= 0.6 is 0 Å². The largest absolute Gasteiger partial charge is 0.339 e. The maximum absolute atomic E-state index is 12.2. The van der Waals surface area contributed by atoms with Gasteiger partial charge in [0, 0.05) is 12.6 Å². The van der Waals surface area contributed by atoms with Crippen LogP contribution in [0.2, 0.25) is 0 Å². The van der Waals surface area contributed by atoms with Crippen LogP contribution in [0.4, 0.5) is 0 Å². The SMILES string of the molecule is CCC(C)N1CCC(c2ccccc2)C1=O. The van der Waals surface area contributed by atoms with Gasteiger partial charge in [-0.05, 0) is 25.3 Å². The van der Waals surface area contributed by atoms with Gasteiger partial charge < -0.3 is 4.90 Å². The van der Waals surface area contributed by atoms with E-state index >= 15 is 0 Å². The van der Waals surface area contributed by atoms with E-state index in [0.717, 1.165) is 19.4 Å². The summed E-state index contributed by atoms with van der Waals surface area (Å²) in [5.41, 5.74) is 1.17. The monoisotopic (exact) mass is 217 g/mol. The maximum atomic E-state index is 12.2. The van der Waals surface area contributed by atoms with Crippen LogP contribution in [-0.4, -0.2) is 23.4 Å². The van der Waals surface area contributed by atoms with Crippen LogP contribution in [0.15, 0.2) is 30.3 Å². The lowest BCUT2D eigenvalue weighted by atomic mass is 9.98. The molecule has 0 saturated carbocycles. The molecule has 1 heterocycles. The average molecular weight is 217 g/mol. The van der Waals surface area contributed by atoms with Gasteiger partial charge in [0.25, 0.3) is 0 Å². The first-order valence-corrected chi connectivity index (χ1v) is 6.09. The molecule has 1 fully saturated rings. The highest BCUT2D eigenvalue weighted by Gasteiger charge is 2.34. The molecule has 1 aromatic carbocycles. The molecule has 0 aromatic heterocycles. The summed E-state index contributed by atoms with van der Waals surface area (Å²) in [4.78, 5) is 14.3. The van der Waals surface area contributed by atoms with Crippen LogP contribution < -0.4 is 0 Å². The molecular formula is C14H19NO. The molecule has 16 heavy (non-hydrogen) atoms. The van der Waals surface area contributed by atoms with Crippen molar-refractivity contribution < 1.29 is 4.79 Å². The fourth-order valence-electron chi connectivity index (χ4n) is 2.35. The number of benzene rings is 1. The first-order chi connectivity index (χ1) is 7.74. The van der Waals surface area contributed by atoms with Crippen LogP contribution in [0, 0.1) is 0 Å². The predicted octanol–water partition coefficient (Wildman–Crippen LogP) is 2.80. The third-order valence-electron chi connectivity index (χ3n) is 3.56. The number of hydrogen-bond donors (Lipinski definition) is 0. The standard InChI is InChI=1S/C14H19NO/c1-3-11(2)15-10-9-13(14(15)16)12-7-5-4-6-8-12/h4-8,11,13H,3,9-10H2,1-2H3. The maximum Gasteiger partial charge on any atom is 0.230 e. The van der Waals surface area contributed by atoms with E-state index in [4.69, 9.17) is 0 Å². The first kappa shape index (κ1) is 11.2. The summed E-state index contributed by atoms with van der Waals surface area (Å²) < 4.78 is 0. The molecule has 2 nitrogen and oxygen atoms in total. The van der Waals surface area contributed by atoms with Crippen LogP contribution in [0.5, 0.6) is 0 Å². The zero-order valence-corrected chi connectivity index (χ0v) is 10.0. The van der Waals surface area contributed by atoms with E-state index in [0.29, 0.717) is 11.9 Å². The summed E-state index contributed by atoms with van der Waals surface area (Å²) in [5.74, 6) is 0.399. The van der Waals surface area contributed by atoms with Gasteiger partial charge in [0.15, 0.2) is 0 Å². The Morgan fingerprint density at radius 1 is 1.38 bits per heavy atom. The molecule has 0 bridgehead atoms. The van der Waals surface area contributed by atoms with Crippen LogP contribution in [0.1, 0.15) is 38.2 Å². The van der Waals surface area contributed by atoms with Crippen LogP contribution in [0.3, 0.4) is 0 Å². The highest BCUT2D eigenvalue weighted by atomic mass is 16.2. The van der Waals surface area contributed by atoms with Gasteiger partial charge in [0.05, 0.1) is 5.92 Å². The zero-order valence-electron chi connectivity index (χ0n) is 10.0. The lowest BCUT2D eigenvalue weighted by Gasteiger charge is -2.23. The minimum atomic E-state index is 0.0928. The summed E-state index contributed by atoms with van der Waals surface area (Å²) in [6, 6.07) is 10.5. The molecule has 1 amide bonds. The highest BCUT2D eigenvalue weighted by Crippen LogP contribution is 2.30. The minimum absolute atomic E-state index is 0.0928. The van der Waals surface area contributed by atoms with Crippen molar-refractivity contribution in [3.8, 4) is 0 Å². The Labute approximate surface area is 97.3 Å². The summed E-state index contributed by atoms with van der Waals surface area (Å²) in [7, 11) is 0. The molecule has 2 rings (SSSR count). The Morgan fingerprint density at radius 2 is 2.06 bits per heavy atom. The topological polar surface area (TPSA) is 20.3 Å². The Kier molecular flexibility index (Phi) is 3.28. The predicted molar refractivity (Wildman–Crippen MR) is 65.3 cm³/mol. The normalized spacial score (nSPS) is 22.5. The Hall–Kier alpha value is -1.31. The van der Waals surface area contributed by atoms with Crippen molar-refractivity contribution in [3.05, 3.63) is 35.9 Å². The van der Waals surface area contributed by atoms with Crippen molar-refractivity contribution in [2.75, 3.05) is 6.54 Å². The summed E-state index contributed by atoms with van der Waals surface area (Å²) in [5, 5.41) is 0. The van der Waals surface area contributed by atoms with E-state index in [9.17, 15) is 4.79 Å². The Morgan fingerprint density at radius 3 is 2.69 bits per heavy atom. The number of hydrogen-bond acceptors (Lipinski definition) is 1. The van der Waals surface area contributed by atoms with Crippen molar-refractivity contribution >= 4 is 5.91 Å². The molecule has 1 aromatic rings. The first-order valence-electron chi connectivity index (χ1n) is 6.09. The molecule has 0 aliphatic carbocycles. The van der Waals surface area contributed by atoms with Gasteiger partial charge in [0.1, 0.15) is 0 Å². The smallest absolute Gasteiger partial charge is 0.230 e. The van der Waals surface area contributed by atoms with Gasteiger partial charge in [-0.2, -0.15) is 0 Å². The van der Waals surface area contributed by atoms with Crippen molar-refractivity contribution in [1.29, 1.82) is 0 Å². The number of carbonyl (C=O) groups excluding carboxylic acids is 1. The second-order valence-electron chi connectivity index (χ2n) is 4.54. The quantitative estimate of drug-likeness (QED) is 0.762. The van der Waals surface area contributed by atoms with E-state index in [1.54, 1.807) is 0 Å². The van der Waals surface area contributed by atoms with Gasteiger partial charge in [-0.25, -0.2) is 0 Å². The fourth-order valence-corrected chi connectivity index (χ4v) is 2.35. The van der Waals surface area contributed by atoms with Crippen molar-refractivity contribution in [1.82, 2.24) is 4.90 Å². The van der Waals surface area contributed by atoms with Gasteiger partial charge in [-0.15, -0.1) is 0 Å². The molecule has 2 atom stereocenters. The lowest BCUT2D eigenvalue weighted by Crippen LogP contribution is -2.34. The minimum Gasteiger partial charge on any atom is -0.339 e. The van der Waals surface area contributed by atoms with E-state index in [1.807, 2.05) is 23.1 Å². The molecule has 1 aliphatic heterocycles. The molecular weight excluding hydrogens is 198 g/mol. The Bertz CT molecular complexity index is 360. The summed E-state index contributed by atoms with van der Waals surface area (Å²) in [6.07, 6.45) is 2.00. The second-order valence-corrected chi connectivity index (χ2v) is 4.54. The Balaban J connectivity index is 2.14. The molecule has 0 spiro atoms. The van der Waals surface area contributed by atoms with Gasteiger partial charge in [-0.3, -0.25) is 4.79 Å². The third-order valence-corrected chi connectivity index (χ3v) is 3.56. The zero-order chi connectivity index (χ0) is 11.5. The molecule has 86 valence electrons. The molecule has 0 N–H and O–H groups in total. The van der Waals surface area contributed by atoms with Gasteiger partial charge in [0.2, 0.25) is 5.91 Å². The van der Waals surface area contributed by atoms with Crippen molar-refractivity contribution in [2.45, 2.75) is 38.6 Å². The molecule has 1 saturated heterocycles. The second kappa shape index (κ2) is 4.69. The fraction of sp³-hybridized carbons (Fsp3) is 0.500. The third kappa shape index (κ3) is 1.97. The molecule has 0 radical (unpaired) electrons. The van der Waals surface area contributed by atoms with Gasteiger partial charge in [-0.1, -0.05) is 37.3 Å². The van der Waals surface area contributed by atoms with Crippen molar-refractivity contribution in [3.63, 3.8) is 0 Å². The van der Waals surface area contributed by atoms with Crippen LogP contribution in [0.25, 0.3) is 0 Å². The summed E-state index contributed by atoms with van der Waals surface area (Å²) >= 11 is 0. The highest BCUT2D eigenvalue weighted by molar-refractivity contribution is 5.86. The number of amides is 1. The van der Waals surface area contributed by atoms with Crippen LogP contribution in [-0.2, 0) is 4.79 Å². The van der Waals surface area contributed by atoms with E-state index < -0.39 is 0 Å². The number of rotatable bonds is 3. The number of likely N-dealkylation sites (tertiary alicyclic amines) is 1. The number of nitrogens with zero attached hydrogens (tertiary/aromatic N) is 1. The molecule has 2 heteroatoms. The number of carbonyl (C=O) groups is 1. The summed E-state index contributed by atoms with van der Waals surface area (Å²) in [6.45, 7) is 5.17. The van der Waals surface area contributed by atoms with Gasteiger partial charge >= 0.3 is 0 Å². The van der Waals surface area contributed by atoms with E-state index in [-0.39, 0.29) is 5.92 Å². The van der Waals surface area contributed by atoms with Crippen molar-refractivity contribution in [2.24, 2.45) is 0 Å². The molecule has 2 unspecified atom stereocenters. The molecule has 1 aliphatic rings. The van der Waals surface area contributed by atoms with E-state index in [2.05, 4.69) is 26.0 Å². The average Bonchev–Trinajstić information content (AvgIpc) is 2.71. The lowest BCUT2D eigenvalue weighted by molar-refractivity contribution is -0.130. The van der Waals surface area contributed by atoms with E-state index in [1.165, 1.54) is 5.56 Å².